The topological polar surface area (TPSA) is 21.3 Å². The molecule has 1 aliphatic rings. The summed E-state index contributed by atoms with van der Waals surface area (Å²) in [6, 6.07) is 6.90. The van der Waals surface area contributed by atoms with Crippen LogP contribution in [0, 0.1) is 0 Å². The van der Waals surface area contributed by atoms with Crippen LogP contribution in [0.1, 0.15) is 30.5 Å². The molecule has 0 spiro atoms. The Morgan fingerprint density at radius 2 is 2.38 bits per heavy atom. The average molecular weight is 217 g/mol. The molecule has 16 heavy (non-hydrogen) atoms. The highest BCUT2D eigenvalue weighted by molar-refractivity contribution is 5.40. The van der Waals surface area contributed by atoms with Crippen molar-refractivity contribution in [2.24, 2.45) is 0 Å². The number of benzene rings is 1. The Bertz CT molecular complexity index is 386. The lowest BCUT2D eigenvalue weighted by atomic mass is 10.1. The molecule has 0 radical (unpaired) electrons. The monoisotopic (exact) mass is 217 g/mol. The van der Waals surface area contributed by atoms with Gasteiger partial charge in [-0.05, 0) is 50.1 Å². The van der Waals surface area contributed by atoms with Crippen molar-refractivity contribution in [3.63, 3.8) is 0 Å². The van der Waals surface area contributed by atoms with Crippen LogP contribution in [0.3, 0.4) is 0 Å². The molecule has 0 saturated carbocycles. The van der Waals surface area contributed by atoms with Crippen LogP contribution in [0.5, 0.6) is 5.75 Å². The van der Waals surface area contributed by atoms with Gasteiger partial charge in [0.1, 0.15) is 11.9 Å². The van der Waals surface area contributed by atoms with E-state index in [0.29, 0.717) is 6.04 Å². The van der Waals surface area contributed by atoms with Crippen molar-refractivity contribution in [2.45, 2.75) is 31.9 Å². The van der Waals surface area contributed by atoms with Gasteiger partial charge in [-0.1, -0.05) is 18.7 Å². The van der Waals surface area contributed by atoms with Crippen molar-refractivity contribution in [1.29, 1.82) is 0 Å². The maximum absolute atomic E-state index is 5.72. The van der Waals surface area contributed by atoms with E-state index in [9.17, 15) is 0 Å². The molecule has 0 aliphatic heterocycles. The molecule has 0 saturated heterocycles. The molecule has 1 N–H and O–H groups in total. The molecular formula is C14H19NO. The number of aryl methyl sites for hydroxylation is 1. The Hall–Kier alpha value is -1.28. The summed E-state index contributed by atoms with van der Waals surface area (Å²) < 4.78 is 5.72. The Balaban J connectivity index is 2.18. The summed E-state index contributed by atoms with van der Waals surface area (Å²) in [5.41, 5.74) is 2.83. The summed E-state index contributed by atoms with van der Waals surface area (Å²) in [7, 11) is 2.02. The molecule has 0 fully saturated rings. The number of fused-ring (bicyclic) bond motifs is 1. The lowest BCUT2D eigenvalue weighted by Crippen LogP contribution is -2.12. The van der Waals surface area contributed by atoms with E-state index >= 15 is 0 Å². The van der Waals surface area contributed by atoms with Gasteiger partial charge in [-0.2, -0.15) is 0 Å². The molecule has 1 aromatic carbocycles. The molecule has 1 aromatic rings. The first-order valence-electron chi connectivity index (χ1n) is 5.84. The van der Waals surface area contributed by atoms with Crippen LogP contribution in [0.4, 0.5) is 0 Å². The highest BCUT2D eigenvalue weighted by Crippen LogP contribution is 2.33. The molecule has 0 amide bonds. The molecule has 0 aromatic heterocycles. The second-order valence-corrected chi connectivity index (χ2v) is 4.30. The van der Waals surface area contributed by atoms with Gasteiger partial charge in [0, 0.05) is 6.04 Å². The van der Waals surface area contributed by atoms with Crippen molar-refractivity contribution < 1.29 is 4.74 Å². The van der Waals surface area contributed by atoms with Crippen molar-refractivity contribution in [2.75, 3.05) is 7.05 Å². The van der Waals surface area contributed by atoms with Crippen molar-refractivity contribution in [3.8, 4) is 5.75 Å². The van der Waals surface area contributed by atoms with Crippen molar-refractivity contribution in [3.05, 3.63) is 42.0 Å². The number of rotatable bonds is 4. The predicted molar refractivity (Wildman–Crippen MR) is 66.9 cm³/mol. The lowest BCUT2D eigenvalue weighted by molar-refractivity contribution is 0.270. The third kappa shape index (κ3) is 2.12. The molecule has 1 aliphatic carbocycles. The zero-order valence-electron chi connectivity index (χ0n) is 9.99. The van der Waals surface area contributed by atoms with Gasteiger partial charge in [0.2, 0.25) is 0 Å². The number of hydrogen-bond donors (Lipinski definition) is 1. The lowest BCUT2D eigenvalue weighted by Gasteiger charge is -2.13. The Morgan fingerprint density at radius 3 is 3.06 bits per heavy atom. The molecule has 0 heterocycles. The summed E-state index contributed by atoms with van der Waals surface area (Å²) >= 11 is 0. The largest absolute Gasteiger partial charge is 0.487 e. The average Bonchev–Trinajstić information content (AvgIpc) is 2.71. The van der Waals surface area contributed by atoms with Gasteiger partial charge in [-0.3, -0.25) is 0 Å². The van der Waals surface area contributed by atoms with Crippen LogP contribution in [0.2, 0.25) is 0 Å². The van der Waals surface area contributed by atoms with E-state index in [4.69, 9.17) is 4.74 Å². The fourth-order valence-electron chi connectivity index (χ4n) is 2.23. The molecule has 2 atom stereocenters. The van der Waals surface area contributed by atoms with Crippen LogP contribution in [0.15, 0.2) is 30.9 Å². The number of hydrogen-bond acceptors (Lipinski definition) is 2. The van der Waals surface area contributed by atoms with Crippen LogP contribution in [0.25, 0.3) is 0 Å². The summed E-state index contributed by atoms with van der Waals surface area (Å²) in [5, 5.41) is 3.33. The third-order valence-corrected chi connectivity index (χ3v) is 3.19. The maximum Gasteiger partial charge on any atom is 0.120 e. The predicted octanol–water partition coefficient (Wildman–Crippen LogP) is 2.85. The molecule has 0 bridgehead atoms. The first-order valence-corrected chi connectivity index (χ1v) is 5.84. The molecular weight excluding hydrogens is 198 g/mol. The smallest absolute Gasteiger partial charge is 0.120 e. The van der Waals surface area contributed by atoms with Gasteiger partial charge >= 0.3 is 0 Å². The third-order valence-electron chi connectivity index (χ3n) is 3.19. The quantitative estimate of drug-likeness (QED) is 0.783. The maximum atomic E-state index is 5.72. The van der Waals surface area contributed by atoms with Crippen LogP contribution < -0.4 is 10.1 Å². The van der Waals surface area contributed by atoms with Crippen LogP contribution >= 0.6 is 0 Å². The fourth-order valence-corrected chi connectivity index (χ4v) is 2.23. The van der Waals surface area contributed by atoms with E-state index in [-0.39, 0.29) is 6.10 Å². The number of ether oxygens (including phenoxy) is 1. The van der Waals surface area contributed by atoms with Gasteiger partial charge < -0.3 is 10.1 Å². The zero-order chi connectivity index (χ0) is 11.5. The van der Waals surface area contributed by atoms with Gasteiger partial charge in [0.15, 0.2) is 0 Å². The van der Waals surface area contributed by atoms with E-state index in [0.717, 1.165) is 12.2 Å². The van der Waals surface area contributed by atoms with Gasteiger partial charge in [-0.15, -0.1) is 0 Å². The van der Waals surface area contributed by atoms with Gasteiger partial charge in [0.25, 0.3) is 0 Å². The zero-order valence-corrected chi connectivity index (χ0v) is 9.99. The fraction of sp³-hybridized carbons (Fsp3) is 0.429. The van der Waals surface area contributed by atoms with Gasteiger partial charge in [0.05, 0.1) is 0 Å². The minimum Gasteiger partial charge on any atom is -0.487 e. The van der Waals surface area contributed by atoms with Gasteiger partial charge in [-0.25, -0.2) is 0 Å². The Kier molecular flexibility index (Phi) is 3.30. The Labute approximate surface area is 97.3 Å². The van der Waals surface area contributed by atoms with Crippen LogP contribution in [-0.2, 0) is 6.42 Å². The van der Waals surface area contributed by atoms with Crippen molar-refractivity contribution >= 4 is 0 Å². The van der Waals surface area contributed by atoms with E-state index < -0.39 is 0 Å². The van der Waals surface area contributed by atoms with E-state index in [1.165, 1.54) is 17.5 Å². The highest BCUT2D eigenvalue weighted by Gasteiger charge is 2.21. The molecule has 2 unspecified atom stereocenters. The number of nitrogens with one attached hydrogen (secondary N) is 1. The minimum absolute atomic E-state index is 0.0690. The summed E-state index contributed by atoms with van der Waals surface area (Å²) in [4.78, 5) is 0. The van der Waals surface area contributed by atoms with E-state index in [2.05, 4.69) is 30.1 Å². The highest BCUT2D eigenvalue weighted by atomic mass is 16.5. The summed E-state index contributed by atoms with van der Waals surface area (Å²) in [5.74, 6) is 0.947. The molecule has 2 nitrogen and oxygen atoms in total. The Morgan fingerprint density at radius 1 is 1.56 bits per heavy atom. The SMILES string of the molecule is C=CC(C)Oc1ccc2c(c1)CCC2NC. The standard InChI is InChI=1S/C14H19NO/c1-4-10(2)16-12-6-7-13-11(9-12)5-8-14(13)15-3/h4,6-7,9-10,14-15H,1,5,8H2,2-3H3. The second-order valence-electron chi connectivity index (χ2n) is 4.30. The summed E-state index contributed by atoms with van der Waals surface area (Å²) in [6.45, 7) is 5.72. The molecule has 86 valence electrons. The van der Waals surface area contributed by atoms with Crippen LogP contribution in [-0.4, -0.2) is 13.2 Å². The first kappa shape index (κ1) is 11.2. The minimum atomic E-state index is 0.0690. The molecule has 2 rings (SSSR count). The van der Waals surface area contributed by atoms with E-state index in [1.54, 1.807) is 0 Å². The molecule has 2 heteroatoms. The normalized spacial score (nSPS) is 20.2. The summed E-state index contributed by atoms with van der Waals surface area (Å²) in [6.07, 6.45) is 4.20. The second kappa shape index (κ2) is 4.71. The van der Waals surface area contributed by atoms with Crippen molar-refractivity contribution in [1.82, 2.24) is 5.32 Å². The van der Waals surface area contributed by atoms with E-state index in [1.807, 2.05) is 20.0 Å². The first-order chi connectivity index (χ1) is 7.74.